The van der Waals surface area contributed by atoms with Crippen LogP contribution in [0.2, 0.25) is 5.02 Å². The second kappa shape index (κ2) is 7.90. The van der Waals surface area contributed by atoms with Crippen molar-refractivity contribution in [3.8, 4) is 0 Å². The summed E-state index contributed by atoms with van der Waals surface area (Å²) in [5.74, 6) is 0.0160. The summed E-state index contributed by atoms with van der Waals surface area (Å²) in [4.78, 5) is 27.6. The van der Waals surface area contributed by atoms with E-state index in [1.807, 2.05) is 38.1 Å². The van der Waals surface area contributed by atoms with Crippen molar-refractivity contribution in [3.63, 3.8) is 0 Å². The second-order valence-electron chi connectivity index (χ2n) is 6.35. The Morgan fingerprint density at radius 2 is 2.00 bits per heavy atom. The summed E-state index contributed by atoms with van der Waals surface area (Å²) in [6.45, 7) is 6.17. The van der Waals surface area contributed by atoms with Gasteiger partial charge in [-0.15, -0.1) is 0 Å². The summed E-state index contributed by atoms with van der Waals surface area (Å²) in [6.07, 6.45) is 0.913. The lowest BCUT2D eigenvalue weighted by atomic mass is 10.0. The Morgan fingerprint density at radius 1 is 1.35 bits per heavy atom. The van der Waals surface area contributed by atoms with Crippen LogP contribution in [0.3, 0.4) is 0 Å². The first kappa shape index (κ1) is 17.9. The van der Waals surface area contributed by atoms with Crippen molar-refractivity contribution in [2.45, 2.75) is 32.5 Å². The number of nitrogens with zero attached hydrogens (tertiary/aromatic N) is 2. The van der Waals surface area contributed by atoms with E-state index in [-0.39, 0.29) is 17.9 Å². The molecule has 1 aliphatic rings. The molecule has 1 amide bonds. The van der Waals surface area contributed by atoms with E-state index in [0.29, 0.717) is 31.2 Å². The van der Waals surface area contributed by atoms with Gasteiger partial charge in [-0.25, -0.2) is 0 Å². The van der Waals surface area contributed by atoms with Gasteiger partial charge >= 0.3 is 0 Å². The highest BCUT2D eigenvalue weighted by atomic mass is 35.5. The third-order valence-corrected chi connectivity index (χ3v) is 4.56. The highest BCUT2D eigenvalue weighted by molar-refractivity contribution is 6.30. The molecule has 2 atom stereocenters. The van der Waals surface area contributed by atoms with Gasteiger partial charge in [0.05, 0.1) is 12.1 Å². The molecule has 2 rings (SSSR count). The zero-order valence-electron chi connectivity index (χ0n) is 13.6. The minimum Gasteiger partial charge on any atom is -0.338 e. The minimum absolute atomic E-state index is 0.0713. The number of hydrogen-bond donors (Lipinski definition) is 1. The van der Waals surface area contributed by atoms with Crippen molar-refractivity contribution in [3.05, 3.63) is 34.9 Å². The molecule has 2 unspecified atom stereocenters. The van der Waals surface area contributed by atoms with E-state index >= 15 is 0 Å². The van der Waals surface area contributed by atoms with Crippen molar-refractivity contribution in [1.29, 1.82) is 0 Å². The predicted molar refractivity (Wildman–Crippen MR) is 91.1 cm³/mol. The summed E-state index contributed by atoms with van der Waals surface area (Å²) in [6, 6.07) is 6.78. The molecular weight excluding hydrogens is 314 g/mol. The summed E-state index contributed by atoms with van der Waals surface area (Å²) in [5, 5.41) is 0.693. The lowest BCUT2D eigenvalue weighted by Crippen LogP contribution is -2.58. The van der Waals surface area contributed by atoms with Gasteiger partial charge in [0.15, 0.2) is 0 Å². The van der Waals surface area contributed by atoms with E-state index < -0.39 is 6.04 Å². The number of hydrogen-bond acceptors (Lipinski definition) is 4. The van der Waals surface area contributed by atoms with Crippen LogP contribution in [0.25, 0.3) is 0 Å². The number of carbonyl (C=O) groups is 2. The van der Waals surface area contributed by atoms with Crippen LogP contribution in [-0.2, 0) is 16.1 Å². The van der Waals surface area contributed by atoms with Crippen molar-refractivity contribution in [1.82, 2.24) is 9.80 Å². The summed E-state index contributed by atoms with van der Waals surface area (Å²) in [7, 11) is 0. The standard InChI is InChI=1S/C17H24ClN3O2/c1-12(2)16(19)17(23)21-8-7-20(15(10-21)11-22)9-13-3-5-14(18)6-4-13/h3-6,11-12,15-16H,7-10,19H2,1-2H3. The zero-order valence-corrected chi connectivity index (χ0v) is 14.4. The first-order valence-corrected chi connectivity index (χ1v) is 8.28. The smallest absolute Gasteiger partial charge is 0.239 e. The highest BCUT2D eigenvalue weighted by Gasteiger charge is 2.32. The fourth-order valence-electron chi connectivity index (χ4n) is 2.69. The molecule has 0 bridgehead atoms. The molecule has 1 aromatic carbocycles. The molecule has 6 heteroatoms. The maximum Gasteiger partial charge on any atom is 0.239 e. The van der Waals surface area contributed by atoms with Gasteiger partial charge in [-0.3, -0.25) is 9.69 Å². The van der Waals surface area contributed by atoms with Gasteiger partial charge in [-0.05, 0) is 23.6 Å². The first-order chi connectivity index (χ1) is 10.9. The first-order valence-electron chi connectivity index (χ1n) is 7.90. The van der Waals surface area contributed by atoms with Gasteiger partial charge in [0.25, 0.3) is 0 Å². The lowest BCUT2D eigenvalue weighted by molar-refractivity contribution is -0.137. The van der Waals surface area contributed by atoms with E-state index in [1.165, 1.54) is 0 Å². The molecule has 1 aliphatic heterocycles. The molecular formula is C17H24ClN3O2. The van der Waals surface area contributed by atoms with Crippen molar-refractivity contribution in [2.75, 3.05) is 19.6 Å². The van der Waals surface area contributed by atoms with Crippen LogP contribution in [-0.4, -0.2) is 53.7 Å². The number of aldehydes is 1. The summed E-state index contributed by atoms with van der Waals surface area (Å²) < 4.78 is 0. The Hall–Kier alpha value is -1.43. The molecule has 1 saturated heterocycles. The van der Waals surface area contributed by atoms with Gasteiger partial charge in [0.1, 0.15) is 6.29 Å². The molecule has 5 nitrogen and oxygen atoms in total. The molecule has 0 aromatic heterocycles. The van der Waals surface area contributed by atoms with Crippen LogP contribution < -0.4 is 5.73 Å². The van der Waals surface area contributed by atoms with Gasteiger partial charge in [-0.2, -0.15) is 0 Å². The van der Waals surface area contributed by atoms with E-state index in [0.717, 1.165) is 11.8 Å². The SMILES string of the molecule is CC(C)C(N)C(=O)N1CCN(Cc2ccc(Cl)cc2)C(C=O)C1. The fourth-order valence-corrected chi connectivity index (χ4v) is 2.82. The monoisotopic (exact) mass is 337 g/mol. The maximum atomic E-state index is 12.4. The molecule has 1 fully saturated rings. The summed E-state index contributed by atoms with van der Waals surface area (Å²) >= 11 is 5.89. The quantitative estimate of drug-likeness (QED) is 0.828. The largest absolute Gasteiger partial charge is 0.338 e. The van der Waals surface area contributed by atoms with Gasteiger partial charge < -0.3 is 15.4 Å². The lowest BCUT2D eigenvalue weighted by Gasteiger charge is -2.40. The van der Waals surface area contributed by atoms with E-state index in [4.69, 9.17) is 17.3 Å². The normalized spacial score (nSPS) is 20.6. The van der Waals surface area contributed by atoms with E-state index in [2.05, 4.69) is 4.90 Å². The highest BCUT2D eigenvalue weighted by Crippen LogP contribution is 2.16. The molecule has 0 radical (unpaired) electrons. The van der Waals surface area contributed by atoms with E-state index in [9.17, 15) is 9.59 Å². The van der Waals surface area contributed by atoms with Gasteiger partial charge in [0.2, 0.25) is 5.91 Å². The third-order valence-electron chi connectivity index (χ3n) is 4.30. The van der Waals surface area contributed by atoms with E-state index in [1.54, 1.807) is 4.90 Å². The molecule has 2 N–H and O–H groups in total. The molecule has 1 heterocycles. The molecule has 23 heavy (non-hydrogen) atoms. The average Bonchev–Trinajstić information content (AvgIpc) is 2.55. The van der Waals surface area contributed by atoms with Crippen LogP contribution in [0, 0.1) is 5.92 Å². The average molecular weight is 338 g/mol. The van der Waals surface area contributed by atoms with Crippen LogP contribution >= 0.6 is 11.6 Å². The molecule has 0 aliphatic carbocycles. The van der Waals surface area contributed by atoms with Crippen molar-refractivity contribution < 1.29 is 9.59 Å². The molecule has 126 valence electrons. The molecule has 1 aromatic rings. The number of piperazine rings is 1. The minimum atomic E-state index is -0.509. The van der Waals surface area contributed by atoms with Crippen LogP contribution in [0.5, 0.6) is 0 Å². The van der Waals surface area contributed by atoms with Crippen molar-refractivity contribution >= 4 is 23.8 Å². The third kappa shape index (κ3) is 4.53. The van der Waals surface area contributed by atoms with Crippen LogP contribution in [0.4, 0.5) is 0 Å². The Morgan fingerprint density at radius 3 is 2.57 bits per heavy atom. The number of amides is 1. The Labute approximate surface area is 142 Å². The Bertz CT molecular complexity index is 547. The number of rotatable bonds is 5. The number of nitrogens with two attached hydrogens (primary N) is 1. The van der Waals surface area contributed by atoms with Gasteiger partial charge in [0, 0.05) is 31.2 Å². The number of benzene rings is 1. The Kier molecular flexibility index (Phi) is 6.16. The predicted octanol–water partition coefficient (Wildman–Crippen LogP) is 1.54. The second-order valence-corrected chi connectivity index (χ2v) is 6.79. The number of halogens is 1. The topological polar surface area (TPSA) is 66.6 Å². The zero-order chi connectivity index (χ0) is 17.0. The van der Waals surface area contributed by atoms with Crippen LogP contribution in [0.1, 0.15) is 19.4 Å². The molecule has 0 spiro atoms. The maximum absolute atomic E-state index is 12.4. The Balaban J connectivity index is 2.00. The summed E-state index contributed by atoms with van der Waals surface area (Å²) in [5.41, 5.74) is 7.04. The fraction of sp³-hybridized carbons (Fsp3) is 0.529. The van der Waals surface area contributed by atoms with Crippen molar-refractivity contribution in [2.24, 2.45) is 11.7 Å². The molecule has 0 saturated carbocycles. The number of carbonyl (C=O) groups excluding carboxylic acids is 2. The van der Waals surface area contributed by atoms with Crippen LogP contribution in [0.15, 0.2) is 24.3 Å². The van der Waals surface area contributed by atoms with Gasteiger partial charge in [-0.1, -0.05) is 37.6 Å².